The van der Waals surface area contributed by atoms with E-state index in [0.717, 1.165) is 62.5 Å². The zero-order valence-corrected chi connectivity index (χ0v) is 21.8. The van der Waals surface area contributed by atoms with Crippen LogP contribution < -0.4 is 0 Å². The number of aliphatic hydroxyl groups excluding tert-OH is 2. The molecule has 4 aliphatic carbocycles. The van der Waals surface area contributed by atoms with Crippen molar-refractivity contribution < 1.29 is 39.5 Å². The summed E-state index contributed by atoms with van der Waals surface area (Å²) in [7, 11) is 0. The molecular formula is C31H32O8. The molecule has 39 heavy (non-hydrogen) atoms. The molecular weight excluding hydrogens is 500 g/mol. The highest BCUT2D eigenvalue weighted by Gasteiger charge is 2.60. The molecule has 1 heterocycles. The number of aromatic hydroxyl groups is 1. The fourth-order valence-electron chi connectivity index (χ4n) is 7.26. The summed E-state index contributed by atoms with van der Waals surface area (Å²) in [5.41, 5.74) is 1.03. The SMILES string of the molecule is CC(=O)C1=C(O)[C@]2(O)C(=O)C3=C(O)c4c(O)ccc(C5=CC=C(CC6CCOCC6)C5)c4C[C@@H]3C[C@@H]2CC1=O. The second-order valence-electron chi connectivity index (χ2n) is 11.5. The third kappa shape index (κ3) is 3.92. The van der Waals surface area contributed by atoms with Gasteiger partial charge in [0.05, 0.1) is 5.56 Å². The van der Waals surface area contributed by atoms with E-state index < -0.39 is 51.9 Å². The number of allylic oxidation sites excluding steroid dienone is 5. The number of hydrogen-bond acceptors (Lipinski definition) is 8. The van der Waals surface area contributed by atoms with E-state index in [1.165, 1.54) is 11.6 Å². The first-order valence-electron chi connectivity index (χ1n) is 13.6. The molecule has 1 saturated heterocycles. The van der Waals surface area contributed by atoms with Crippen LogP contribution >= 0.6 is 0 Å². The molecule has 4 N–H and O–H groups in total. The van der Waals surface area contributed by atoms with E-state index in [9.17, 15) is 34.8 Å². The monoisotopic (exact) mass is 532 g/mol. The Labute approximate surface area is 226 Å². The van der Waals surface area contributed by atoms with E-state index in [0.29, 0.717) is 12.3 Å². The van der Waals surface area contributed by atoms with Crippen LogP contribution in [0.25, 0.3) is 11.3 Å². The van der Waals surface area contributed by atoms with Crippen LogP contribution in [0, 0.1) is 17.8 Å². The Morgan fingerprint density at radius 3 is 2.54 bits per heavy atom. The summed E-state index contributed by atoms with van der Waals surface area (Å²) in [5.74, 6) is -4.67. The summed E-state index contributed by atoms with van der Waals surface area (Å²) in [5, 5.41) is 44.4. The molecule has 1 saturated carbocycles. The van der Waals surface area contributed by atoms with Crippen molar-refractivity contribution in [3.05, 3.63) is 63.5 Å². The van der Waals surface area contributed by atoms with Crippen LogP contribution in [0.4, 0.5) is 0 Å². The van der Waals surface area contributed by atoms with Gasteiger partial charge in [-0.05, 0) is 80.1 Å². The van der Waals surface area contributed by atoms with Crippen LogP contribution in [-0.2, 0) is 25.5 Å². The van der Waals surface area contributed by atoms with Gasteiger partial charge in [0.1, 0.15) is 22.8 Å². The zero-order chi connectivity index (χ0) is 27.6. The number of aliphatic hydroxyl groups is 3. The summed E-state index contributed by atoms with van der Waals surface area (Å²) in [6.07, 6.45) is 8.31. The van der Waals surface area contributed by atoms with Crippen LogP contribution in [0.1, 0.15) is 62.1 Å². The van der Waals surface area contributed by atoms with Crippen molar-refractivity contribution >= 4 is 28.7 Å². The van der Waals surface area contributed by atoms with Gasteiger partial charge in [0.15, 0.2) is 17.2 Å². The van der Waals surface area contributed by atoms with Crippen molar-refractivity contribution in [2.75, 3.05) is 13.2 Å². The third-order valence-electron chi connectivity index (χ3n) is 9.23. The van der Waals surface area contributed by atoms with E-state index in [1.54, 1.807) is 0 Å². The van der Waals surface area contributed by atoms with Crippen LogP contribution in [0.3, 0.4) is 0 Å². The minimum absolute atomic E-state index is 0.0868. The Balaban J connectivity index is 1.36. The first-order chi connectivity index (χ1) is 18.6. The quantitative estimate of drug-likeness (QED) is 0.426. The van der Waals surface area contributed by atoms with Gasteiger partial charge in [0.2, 0.25) is 5.78 Å². The zero-order valence-electron chi connectivity index (χ0n) is 21.8. The molecule has 204 valence electrons. The molecule has 8 nitrogen and oxygen atoms in total. The second kappa shape index (κ2) is 9.31. The maximum Gasteiger partial charge on any atom is 0.202 e. The largest absolute Gasteiger partial charge is 0.508 e. The lowest BCUT2D eigenvalue weighted by Crippen LogP contribution is -2.57. The molecule has 0 aromatic heterocycles. The summed E-state index contributed by atoms with van der Waals surface area (Å²) in [6.45, 7) is 2.68. The molecule has 0 bridgehead atoms. The predicted octanol–water partition coefficient (Wildman–Crippen LogP) is 4.06. The van der Waals surface area contributed by atoms with Gasteiger partial charge in [-0.15, -0.1) is 0 Å². The first-order valence-corrected chi connectivity index (χ1v) is 13.6. The van der Waals surface area contributed by atoms with Crippen molar-refractivity contribution in [3.8, 4) is 5.75 Å². The lowest BCUT2D eigenvalue weighted by atomic mass is 9.59. The van der Waals surface area contributed by atoms with E-state index in [2.05, 4.69) is 12.2 Å². The maximum atomic E-state index is 13.7. The Kier molecular flexibility index (Phi) is 6.15. The summed E-state index contributed by atoms with van der Waals surface area (Å²) >= 11 is 0. The van der Waals surface area contributed by atoms with Gasteiger partial charge in [0, 0.05) is 31.1 Å². The summed E-state index contributed by atoms with van der Waals surface area (Å²) in [4.78, 5) is 38.4. The minimum atomic E-state index is -2.48. The van der Waals surface area contributed by atoms with Crippen LogP contribution in [0.15, 0.2) is 46.8 Å². The van der Waals surface area contributed by atoms with Crippen molar-refractivity contribution in [1.82, 2.24) is 0 Å². The lowest BCUT2D eigenvalue weighted by molar-refractivity contribution is -0.147. The normalized spacial score (nSPS) is 29.1. The summed E-state index contributed by atoms with van der Waals surface area (Å²) in [6, 6.07) is 3.33. The van der Waals surface area contributed by atoms with E-state index in [4.69, 9.17) is 4.74 Å². The molecule has 1 aromatic rings. The number of carbonyl (C=O) groups is 3. The number of fused-ring (bicyclic) bond motifs is 3. The number of rotatable bonds is 4. The molecule has 0 radical (unpaired) electrons. The molecule has 1 aliphatic heterocycles. The topological polar surface area (TPSA) is 141 Å². The number of ether oxygens (including phenoxy) is 1. The van der Waals surface area contributed by atoms with Crippen LogP contribution in [-0.4, -0.2) is 56.6 Å². The second-order valence-corrected chi connectivity index (χ2v) is 11.5. The number of benzene rings is 1. The van der Waals surface area contributed by atoms with Crippen LogP contribution in [0.5, 0.6) is 5.75 Å². The van der Waals surface area contributed by atoms with Gasteiger partial charge in [0.25, 0.3) is 0 Å². The van der Waals surface area contributed by atoms with Gasteiger partial charge < -0.3 is 25.2 Å². The Morgan fingerprint density at radius 1 is 1.08 bits per heavy atom. The molecule has 2 fully saturated rings. The van der Waals surface area contributed by atoms with Gasteiger partial charge in [-0.1, -0.05) is 23.8 Å². The Hall–Kier alpha value is -3.49. The fraction of sp³-hybridized carbons (Fsp3) is 0.452. The van der Waals surface area contributed by atoms with E-state index >= 15 is 0 Å². The smallest absolute Gasteiger partial charge is 0.202 e. The fourth-order valence-corrected chi connectivity index (χ4v) is 7.26. The van der Waals surface area contributed by atoms with E-state index in [1.807, 2.05) is 6.07 Å². The minimum Gasteiger partial charge on any atom is -0.508 e. The maximum absolute atomic E-state index is 13.7. The highest BCUT2D eigenvalue weighted by Crippen LogP contribution is 2.53. The molecule has 5 aliphatic rings. The van der Waals surface area contributed by atoms with Crippen LogP contribution in [0.2, 0.25) is 0 Å². The number of ketones is 3. The number of hydrogen-bond donors (Lipinski definition) is 4. The van der Waals surface area contributed by atoms with Crippen molar-refractivity contribution in [3.63, 3.8) is 0 Å². The molecule has 1 aromatic carbocycles. The standard InChI is InChI=1S/C31H32O8/c1-15(32)25-24(34)14-20-12-19-13-22-21(18-3-2-17(11-18)10-16-6-8-39-9-7-16)4-5-23(33)27(22)28(35)26(19)30(37)31(20,38)29(25)36/h2-5,16,19-20,33,35-36,38H,6-14H2,1H3/t19-,20+,31-/m0/s1. The van der Waals surface area contributed by atoms with E-state index in [-0.39, 0.29) is 29.7 Å². The van der Waals surface area contributed by atoms with Gasteiger partial charge in [-0.25, -0.2) is 0 Å². The average molecular weight is 533 g/mol. The molecule has 0 amide bonds. The summed E-state index contributed by atoms with van der Waals surface area (Å²) < 4.78 is 5.48. The van der Waals surface area contributed by atoms with Gasteiger partial charge >= 0.3 is 0 Å². The number of Topliss-reactive ketones (excluding diaryl/α,β-unsaturated/α-hetero) is 3. The van der Waals surface area contributed by atoms with Crippen molar-refractivity contribution in [2.45, 2.75) is 57.5 Å². The Morgan fingerprint density at radius 2 is 1.82 bits per heavy atom. The lowest BCUT2D eigenvalue weighted by Gasteiger charge is -2.46. The average Bonchev–Trinajstić information content (AvgIpc) is 3.34. The molecule has 6 rings (SSSR count). The molecule has 0 spiro atoms. The predicted molar refractivity (Wildman–Crippen MR) is 142 cm³/mol. The molecule has 0 unspecified atom stereocenters. The number of phenols is 1. The third-order valence-corrected chi connectivity index (χ3v) is 9.23. The molecule has 3 atom stereocenters. The van der Waals surface area contributed by atoms with Gasteiger partial charge in [-0.3, -0.25) is 14.4 Å². The number of carbonyl (C=O) groups excluding carboxylic acids is 3. The highest BCUT2D eigenvalue weighted by atomic mass is 16.5. The highest BCUT2D eigenvalue weighted by molar-refractivity contribution is 6.23. The Bertz CT molecular complexity index is 1430. The van der Waals surface area contributed by atoms with Crippen molar-refractivity contribution in [1.29, 1.82) is 0 Å². The van der Waals surface area contributed by atoms with Gasteiger partial charge in [-0.2, -0.15) is 0 Å². The molecule has 8 heteroatoms. The first kappa shape index (κ1) is 25.8. The van der Waals surface area contributed by atoms with Crippen molar-refractivity contribution in [2.24, 2.45) is 17.8 Å². The number of phenolic OH excluding ortho intramolecular Hbond substituents is 1.